The molecule has 0 spiro atoms. The molecule has 0 bridgehead atoms. The summed E-state index contributed by atoms with van der Waals surface area (Å²) in [5.74, 6) is 0.195. The lowest BCUT2D eigenvalue weighted by molar-refractivity contribution is -0.142. The summed E-state index contributed by atoms with van der Waals surface area (Å²) < 4.78 is 6.66. The monoisotopic (exact) mass is 516 g/mol. The zero-order valence-corrected chi connectivity index (χ0v) is 22.5. The average molecular weight is 518 g/mol. The molecule has 1 N–H and O–H groups in total. The Bertz CT molecular complexity index is 946. The molecular weight excluding hydrogens is 480 g/mol. The Hall–Kier alpha value is -2.34. The molecule has 5 nitrogen and oxygen atoms in total. The molecule has 0 aliphatic rings. The van der Waals surface area contributed by atoms with E-state index in [0.29, 0.717) is 18.7 Å². The van der Waals surface area contributed by atoms with Crippen molar-refractivity contribution in [3.05, 3.63) is 64.1 Å². The second-order valence-electron chi connectivity index (χ2n) is 10.4. The van der Waals surface area contributed by atoms with Gasteiger partial charge < -0.3 is 15.0 Å². The number of carbonyl (C=O) groups excluding carboxylic acids is 2. The molecule has 2 rings (SSSR count). The number of benzene rings is 2. The van der Waals surface area contributed by atoms with Crippen LogP contribution in [-0.4, -0.2) is 41.4 Å². The van der Waals surface area contributed by atoms with Crippen molar-refractivity contribution in [1.29, 1.82) is 0 Å². The van der Waals surface area contributed by atoms with Crippen LogP contribution in [0.1, 0.15) is 59.6 Å². The maximum absolute atomic E-state index is 13.2. The maximum atomic E-state index is 13.2. The lowest BCUT2D eigenvalue weighted by Crippen LogP contribution is -2.53. The van der Waals surface area contributed by atoms with Gasteiger partial charge in [-0.3, -0.25) is 9.59 Å². The zero-order valence-electron chi connectivity index (χ0n) is 20.9. The number of carbonyl (C=O) groups is 2. The summed E-state index contributed by atoms with van der Waals surface area (Å²) in [5.41, 5.74) is 1.92. The molecule has 0 aromatic heterocycles. The van der Waals surface area contributed by atoms with Gasteiger partial charge in [0.2, 0.25) is 5.91 Å². The predicted octanol–water partition coefficient (Wildman–Crippen LogP) is 5.50. The summed E-state index contributed by atoms with van der Waals surface area (Å²) in [7, 11) is 0. The summed E-state index contributed by atoms with van der Waals surface area (Å²) in [6, 6.07) is 15.2. The standard InChI is InChI=1S/C27H37BrN2O3/c1-19(25(32)29-27(5,6)7)30(16-15-20-11-9-8-10-12-20)24(31)18-33-23-14-13-21(17-22(23)28)26(2,3)4/h8-14,17,19H,15-16,18H2,1-7H3,(H,29,32). The molecule has 2 aromatic rings. The smallest absolute Gasteiger partial charge is 0.261 e. The molecule has 0 saturated heterocycles. The first-order chi connectivity index (χ1) is 15.3. The molecule has 1 unspecified atom stereocenters. The highest BCUT2D eigenvalue weighted by molar-refractivity contribution is 9.10. The Labute approximate surface area is 207 Å². The molecule has 0 fully saturated rings. The fraction of sp³-hybridized carbons (Fsp3) is 0.481. The summed E-state index contributed by atoms with van der Waals surface area (Å²) in [5, 5.41) is 2.97. The minimum absolute atomic E-state index is 0.0148. The van der Waals surface area contributed by atoms with Gasteiger partial charge in [0.15, 0.2) is 6.61 Å². The third-order valence-corrected chi connectivity index (χ3v) is 5.92. The van der Waals surface area contributed by atoms with Crippen LogP contribution < -0.4 is 10.1 Å². The lowest BCUT2D eigenvalue weighted by atomic mass is 9.87. The third kappa shape index (κ3) is 8.50. The topological polar surface area (TPSA) is 58.6 Å². The molecule has 2 amide bonds. The Morgan fingerprint density at radius 3 is 2.21 bits per heavy atom. The van der Waals surface area contributed by atoms with Crippen molar-refractivity contribution >= 4 is 27.7 Å². The predicted molar refractivity (Wildman–Crippen MR) is 138 cm³/mol. The van der Waals surface area contributed by atoms with E-state index in [1.807, 2.05) is 69.3 Å². The number of hydrogen-bond acceptors (Lipinski definition) is 3. The normalized spacial score (nSPS) is 12.7. The van der Waals surface area contributed by atoms with Gasteiger partial charge in [0, 0.05) is 12.1 Å². The lowest BCUT2D eigenvalue weighted by Gasteiger charge is -2.31. The average Bonchev–Trinajstić information content (AvgIpc) is 2.71. The van der Waals surface area contributed by atoms with Gasteiger partial charge in [0.25, 0.3) is 5.91 Å². The molecule has 1 atom stereocenters. The first-order valence-corrected chi connectivity index (χ1v) is 12.2. The Morgan fingerprint density at radius 1 is 1.03 bits per heavy atom. The molecule has 6 heteroatoms. The summed E-state index contributed by atoms with van der Waals surface area (Å²) >= 11 is 3.56. The zero-order chi connectivity index (χ0) is 24.8. The van der Waals surface area contributed by atoms with Gasteiger partial charge in [0.05, 0.1) is 4.47 Å². The minimum atomic E-state index is -0.615. The van der Waals surface area contributed by atoms with Crippen LogP contribution in [0.5, 0.6) is 5.75 Å². The van der Waals surface area contributed by atoms with Gasteiger partial charge in [-0.15, -0.1) is 0 Å². The van der Waals surface area contributed by atoms with Crippen LogP contribution >= 0.6 is 15.9 Å². The van der Waals surface area contributed by atoms with E-state index in [-0.39, 0.29) is 29.4 Å². The van der Waals surface area contributed by atoms with Crippen molar-refractivity contribution in [3.8, 4) is 5.75 Å². The SMILES string of the molecule is CC(C(=O)NC(C)(C)C)N(CCc1ccccc1)C(=O)COc1ccc(C(C)(C)C)cc1Br. The number of halogens is 1. The van der Waals surface area contributed by atoms with Crippen LogP contribution in [0.2, 0.25) is 0 Å². The number of nitrogens with zero attached hydrogens (tertiary/aromatic N) is 1. The molecule has 0 aliphatic heterocycles. The van der Waals surface area contributed by atoms with Crippen molar-refractivity contribution in [2.75, 3.05) is 13.2 Å². The van der Waals surface area contributed by atoms with Crippen LogP contribution in [0.4, 0.5) is 0 Å². The third-order valence-electron chi connectivity index (χ3n) is 5.30. The van der Waals surface area contributed by atoms with Crippen LogP contribution in [-0.2, 0) is 21.4 Å². The highest BCUT2D eigenvalue weighted by atomic mass is 79.9. The minimum Gasteiger partial charge on any atom is -0.483 e. The second-order valence-corrected chi connectivity index (χ2v) is 11.3. The fourth-order valence-electron chi connectivity index (χ4n) is 3.35. The van der Waals surface area contributed by atoms with E-state index < -0.39 is 6.04 Å². The molecule has 0 saturated carbocycles. The van der Waals surface area contributed by atoms with E-state index in [9.17, 15) is 9.59 Å². The van der Waals surface area contributed by atoms with Crippen molar-refractivity contribution in [1.82, 2.24) is 10.2 Å². The van der Waals surface area contributed by atoms with Gasteiger partial charge in [-0.25, -0.2) is 0 Å². The van der Waals surface area contributed by atoms with Gasteiger partial charge >= 0.3 is 0 Å². The van der Waals surface area contributed by atoms with Crippen LogP contribution in [0, 0.1) is 0 Å². The van der Waals surface area contributed by atoms with Crippen molar-refractivity contribution in [3.63, 3.8) is 0 Å². The quantitative estimate of drug-likeness (QED) is 0.503. The highest BCUT2D eigenvalue weighted by Gasteiger charge is 2.28. The molecule has 0 aliphatic carbocycles. The number of rotatable bonds is 8. The molecular formula is C27H37BrN2O3. The van der Waals surface area contributed by atoms with Crippen molar-refractivity contribution in [2.24, 2.45) is 0 Å². The van der Waals surface area contributed by atoms with Gasteiger partial charge in [-0.05, 0) is 78.7 Å². The Morgan fingerprint density at radius 2 is 1.67 bits per heavy atom. The molecule has 0 heterocycles. The number of nitrogens with one attached hydrogen (secondary N) is 1. The molecule has 0 radical (unpaired) electrons. The van der Waals surface area contributed by atoms with E-state index in [1.54, 1.807) is 11.8 Å². The van der Waals surface area contributed by atoms with Gasteiger partial charge in [0.1, 0.15) is 11.8 Å². The molecule has 33 heavy (non-hydrogen) atoms. The first kappa shape index (κ1) is 26.9. The Kier molecular flexibility index (Phi) is 9.12. The number of amides is 2. The van der Waals surface area contributed by atoms with E-state index in [4.69, 9.17) is 4.74 Å². The van der Waals surface area contributed by atoms with Gasteiger partial charge in [-0.1, -0.05) is 57.2 Å². The van der Waals surface area contributed by atoms with E-state index in [1.165, 1.54) is 5.56 Å². The van der Waals surface area contributed by atoms with E-state index in [0.717, 1.165) is 10.0 Å². The number of ether oxygens (including phenoxy) is 1. The maximum Gasteiger partial charge on any atom is 0.261 e. The van der Waals surface area contributed by atoms with E-state index >= 15 is 0 Å². The molecule has 2 aromatic carbocycles. The van der Waals surface area contributed by atoms with Crippen LogP contribution in [0.15, 0.2) is 53.0 Å². The van der Waals surface area contributed by atoms with Gasteiger partial charge in [-0.2, -0.15) is 0 Å². The summed E-state index contributed by atoms with van der Waals surface area (Å²) in [6.45, 7) is 14.3. The highest BCUT2D eigenvalue weighted by Crippen LogP contribution is 2.31. The first-order valence-electron chi connectivity index (χ1n) is 11.4. The molecule has 180 valence electrons. The van der Waals surface area contributed by atoms with E-state index in [2.05, 4.69) is 42.0 Å². The number of hydrogen-bond donors (Lipinski definition) is 1. The Balaban J connectivity index is 2.14. The summed E-state index contributed by atoms with van der Waals surface area (Å²) in [6.07, 6.45) is 0.656. The fourth-order valence-corrected chi connectivity index (χ4v) is 3.84. The largest absolute Gasteiger partial charge is 0.483 e. The van der Waals surface area contributed by atoms with Crippen molar-refractivity contribution < 1.29 is 14.3 Å². The van der Waals surface area contributed by atoms with Crippen molar-refractivity contribution in [2.45, 2.75) is 71.9 Å². The van der Waals surface area contributed by atoms with Crippen LogP contribution in [0.3, 0.4) is 0 Å². The van der Waals surface area contributed by atoms with Crippen LogP contribution in [0.25, 0.3) is 0 Å². The second kappa shape index (κ2) is 11.2. The summed E-state index contributed by atoms with van der Waals surface area (Å²) in [4.78, 5) is 27.6.